The molecular formula is C19H21N3O2. The van der Waals surface area contributed by atoms with Gasteiger partial charge in [-0.1, -0.05) is 19.1 Å². The molecule has 0 bridgehead atoms. The molecule has 5 heteroatoms. The molecule has 2 heterocycles. The molecule has 2 N–H and O–H groups in total. The maximum absolute atomic E-state index is 6.10. The van der Waals surface area contributed by atoms with Gasteiger partial charge in [0.1, 0.15) is 19.0 Å². The number of hydrogen-bond donors (Lipinski definition) is 1. The third kappa shape index (κ3) is 2.37. The Morgan fingerprint density at radius 1 is 1.12 bits per heavy atom. The summed E-state index contributed by atoms with van der Waals surface area (Å²) in [6, 6.07) is 10.1. The number of anilines is 1. The molecule has 5 nitrogen and oxygen atoms in total. The van der Waals surface area contributed by atoms with Crippen molar-refractivity contribution in [1.29, 1.82) is 0 Å². The maximum Gasteiger partial charge on any atom is 0.163 e. The number of hydrogen-bond acceptors (Lipinski definition) is 4. The van der Waals surface area contributed by atoms with Crippen LogP contribution in [0.2, 0.25) is 0 Å². The van der Waals surface area contributed by atoms with Crippen LogP contribution in [0.4, 0.5) is 5.69 Å². The molecule has 0 saturated heterocycles. The monoisotopic (exact) mass is 323 g/mol. The highest BCUT2D eigenvalue weighted by Crippen LogP contribution is 2.36. The van der Waals surface area contributed by atoms with E-state index in [4.69, 9.17) is 20.2 Å². The Hall–Kier alpha value is -2.69. The van der Waals surface area contributed by atoms with Gasteiger partial charge in [-0.25, -0.2) is 4.98 Å². The molecule has 0 unspecified atom stereocenters. The van der Waals surface area contributed by atoms with E-state index in [-0.39, 0.29) is 0 Å². The summed E-state index contributed by atoms with van der Waals surface area (Å²) in [5.41, 5.74) is 11.0. The predicted molar refractivity (Wildman–Crippen MR) is 95.6 cm³/mol. The van der Waals surface area contributed by atoms with E-state index in [1.165, 1.54) is 0 Å². The van der Waals surface area contributed by atoms with Gasteiger partial charge in [0.2, 0.25) is 0 Å². The first-order valence-corrected chi connectivity index (χ1v) is 8.33. The maximum atomic E-state index is 6.10. The summed E-state index contributed by atoms with van der Waals surface area (Å²) in [4.78, 5) is 4.85. The van der Waals surface area contributed by atoms with Gasteiger partial charge >= 0.3 is 0 Å². The van der Waals surface area contributed by atoms with Gasteiger partial charge in [-0.15, -0.1) is 0 Å². The van der Waals surface area contributed by atoms with Gasteiger partial charge < -0.3 is 19.8 Å². The average molecular weight is 323 g/mol. The van der Waals surface area contributed by atoms with Crippen LogP contribution in [-0.4, -0.2) is 22.8 Å². The fourth-order valence-corrected chi connectivity index (χ4v) is 3.11. The molecule has 2 aromatic carbocycles. The zero-order chi connectivity index (χ0) is 16.7. The summed E-state index contributed by atoms with van der Waals surface area (Å²) in [7, 11) is 0. The largest absolute Gasteiger partial charge is 0.486 e. The van der Waals surface area contributed by atoms with Crippen LogP contribution in [0, 0.1) is 6.92 Å². The highest BCUT2D eigenvalue weighted by atomic mass is 16.6. The highest BCUT2D eigenvalue weighted by Gasteiger charge is 2.18. The Morgan fingerprint density at radius 2 is 1.88 bits per heavy atom. The lowest BCUT2D eigenvalue weighted by molar-refractivity contribution is 0.172. The molecule has 24 heavy (non-hydrogen) atoms. The van der Waals surface area contributed by atoms with Gasteiger partial charge in [-0.3, -0.25) is 0 Å². The second-order valence-corrected chi connectivity index (χ2v) is 6.14. The molecule has 0 saturated carbocycles. The summed E-state index contributed by atoms with van der Waals surface area (Å²) in [5.74, 6) is 2.49. The molecule has 1 aliphatic rings. The van der Waals surface area contributed by atoms with Crippen LogP contribution < -0.4 is 15.2 Å². The molecule has 3 aromatic rings. The Balaban J connectivity index is 1.93. The highest BCUT2D eigenvalue weighted by molar-refractivity contribution is 5.84. The molecule has 0 spiro atoms. The van der Waals surface area contributed by atoms with Gasteiger partial charge in [-0.2, -0.15) is 0 Å². The molecule has 0 radical (unpaired) electrons. The minimum absolute atomic E-state index is 0.579. The fraction of sp³-hybridized carbons (Fsp3) is 0.316. The minimum atomic E-state index is 0.579. The van der Waals surface area contributed by atoms with Crippen LogP contribution in [0.25, 0.3) is 22.4 Å². The molecule has 1 aliphatic heterocycles. The number of nitrogens with zero attached hydrogens (tertiary/aromatic N) is 2. The number of benzene rings is 2. The zero-order valence-electron chi connectivity index (χ0n) is 14.0. The van der Waals surface area contributed by atoms with E-state index in [0.29, 0.717) is 13.2 Å². The number of aromatic nitrogens is 2. The standard InChI is InChI=1S/C19H21N3O2/c1-3-6-22-16-11-18-17(23-7-8-24-18)10-15(16)21-19(22)13-5-4-12(2)14(20)9-13/h4-5,9-11H,3,6-8,20H2,1-2H3. The predicted octanol–water partition coefficient (Wildman–Crippen LogP) is 3.78. The number of fused-ring (bicyclic) bond motifs is 2. The van der Waals surface area contributed by atoms with E-state index in [1.54, 1.807) is 0 Å². The molecule has 0 amide bonds. The normalized spacial score (nSPS) is 13.4. The van der Waals surface area contributed by atoms with Crippen molar-refractivity contribution in [2.75, 3.05) is 18.9 Å². The smallest absolute Gasteiger partial charge is 0.163 e. The molecule has 0 fully saturated rings. The van der Waals surface area contributed by atoms with Crippen LogP contribution in [0.1, 0.15) is 18.9 Å². The lowest BCUT2D eigenvalue weighted by Gasteiger charge is -2.18. The second kappa shape index (κ2) is 5.74. The zero-order valence-corrected chi connectivity index (χ0v) is 14.0. The van der Waals surface area contributed by atoms with Gasteiger partial charge in [0.15, 0.2) is 11.5 Å². The first-order chi connectivity index (χ1) is 11.7. The van der Waals surface area contributed by atoms with Crippen LogP contribution in [0.5, 0.6) is 11.5 Å². The summed E-state index contributed by atoms with van der Waals surface area (Å²) in [5, 5.41) is 0. The minimum Gasteiger partial charge on any atom is -0.486 e. The van der Waals surface area contributed by atoms with Crippen molar-refractivity contribution in [3.63, 3.8) is 0 Å². The fourth-order valence-electron chi connectivity index (χ4n) is 3.11. The molecule has 124 valence electrons. The van der Waals surface area contributed by atoms with Crippen molar-refractivity contribution >= 4 is 16.7 Å². The van der Waals surface area contributed by atoms with Crippen molar-refractivity contribution in [3.05, 3.63) is 35.9 Å². The van der Waals surface area contributed by atoms with Gasteiger partial charge in [0, 0.05) is 29.9 Å². The Bertz CT molecular complexity index is 915. The lowest BCUT2D eigenvalue weighted by atomic mass is 10.1. The van der Waals surface area contributed by atoms with Crippen LogP contribution in [0.15, 0.2) is 30.3 Å². The van der Waals surface area contributed by atoms with Gasteiger partial charge in [0.05, 0.1) is 11.0 Å². The SMILES string of the molecule is CCCn1c(-c2ccc(C)c(N)c2)nc2cc3c(cc21)OCCO3. The van der Waals surface area contributed by atoms with E-state index in [1.807, 2.05) is 31.2 Å². The van der Waals surface area contributed by atoms with Crippen LogP contribution in [-0.2, 0) is 6.54 Å². The molecule has 1 aromatic heterocycles. The number of nitrogens with two attached hydrogens (primary N) is 1. The summed E-state index contributed by atoms with van der Waals surface area (Å²) in [6.07, 6.45) is 1.02. The number of imidazole rings is 1. The molecule has 0 aliphatic carbocycles. The first kappa shape index (κ1) is 14.9. The second-order valence-electron chi connectivity index (χ2n) is 6.14. The average Bonchev–Trinajstić information content (AvgIpc) is 2.93. The van der Waals surface area contributed by atoms with E-state index in [0.717, 1.165) is 58.1 Å². The molecule has 4 rings (SSSR count). The topological polar surface area (TPSA) is 62.3 Å². The Morgan fingerprint density at radius 3 is 2.58 bits per heavy atom. The molecular weight excluding hydrogens is 302 g/mol. The number of nitrogen functional groups attached to an aromatic ring is 1. The van der Waals surface area contributed by atoms with Crippen molar-refractivity contribution in [1.82, 2.24) is 9.55 Å². The van der Waals surface area contributed by atoms with Crippen LogP contribution in [0.3, 0.4) is 0 Å². The van der Waals surface area contributed by atoms with Gasteiger partial charge in [-0.05, 0) is 25.0 Å². The quantitative estimate of drug-likeness (QED) is 0.745. The Labute approximate surface area is 141 Å². The summed E-state index contributed by atoms with van der Waals surface area (Å²) < 4.78 is 13.6. The first-order valence-electron chi connectivity index (χ1n) is 8.33. The molecule has 0 atom stereocenters. The summed E-state index contributed by atoms with van der Waals surface area (Å²) >= 11 is 0. The number of aryl methyl sites for hydroxylation is 2. The van der Waals surface area contributed by atoms with Crippen LogP contribution >= 0.6 is 0 Å². The van der Waals surface area contributed by atoms with E-state index < -0.39 is 0 Å². The van der Waals surface area contributed by atoms with Crippen molar-refractivity contribution in [2.24, 2.45) is 0 Å². The van der Waals surface area contributed by atoms with Gasteiger partial charge in [0.25, 0.3) is 0 Å². The Kier molecular flexibility index (Phi) is 3.56. The van der Waals surface area contributed by atoms with Crippen molar-refractivity contribution in [3.8, 4) is 22.9 Å². The van der Waals surface area contributed by atoms with E-state index in [2.05, 4.69) is 17.6 Å². The third-order valence-corrected chi connectivity index (χ3v) is 4.40. The lowest BCUT2D eigenvalue weighted by Crippen LogP contribution is -2.15. The van der Waals surface area contributed by atoms with Crippen molar-refractivity contribution < 1.29 is 9.47 Å². The van der Waals surface area contributed by atoms with E-state index in [9.17, 15) is 0 Å². The van der Waals surface area contributed by atoms with Crippen molar-refractivity contribution in [2.45, 2.75) is 26.8 Å². The van der Waals surface area contributed by atoms with E-state index >= 15 is 0 Å². The number of ether oxygens (including phenoxy) is 2. The number of rotatable bonds is 3. The summed E-state index contributed by atoms with van der Waals surface area (Å²) in [6.45, 7) is 6.23. The third-order valence-electron chi connectivity index (χ3n) is 4.40.